The Morgan fingerprint density at radius 2 is 1.73 bits per heavy atom. The van der Waals surface area contributed by atoms with Crippen LogP contribution in [0.25, 0.3) is 11.3 Å². The van der Waals surface area contributed by atoms with E-state index in [0.29, 0.717) is 29.9 Å². The Hall–Kier alpha value is -4.48. The van der Waals surface area contributed by atoms with E-state index < -0.39 is 0 Å². The number of allylic oxidation sites excluding steroid dienone is 1. The van der Waals surface area contributed by atoms with Gasteiger partial charge in [0.2, 0.25) is 5.95 Å². The number of nitrogens with zero attached hydrogens (tertiary/aromatic N) is 8. The van der Waals surface area contributed by atoms with Crippen LogP contribution >= 0.6 is 0 Å². The van der Waals surface area contributed by atoms with E-state index in [1.807, 2.05) is 6.20 Å². The SMILES string of the molecule is COc1ncc(-c2cnc(N(C(=O)NCC3(C)CC3)C3CCC(Nc4ncc(C(C)(C)C)c(C5=NC(C(C)C)C=C5)n4)CC3)cn2)cn1. The molecule has 0 aromatic carbocycles. The van der Waals surface area contributed by atoms with Gasteiger partial charge < -0.3 is 15.4 Å². The standard InChI is InChI=1S/C36H48N10O2/c1-22(2)27-12-13-28(44-27)31-26(35(3,4)5)18-39-32(45-31)43-24-8-10-25(11-9-24)46(34(47)42-21-36(6)14-15-36)30-20-37-29(19-38-30)23-16-40-33(48-7)41-17-23/h12-13,16-20,22,24-25,27H,8-11,14-15,21H2,1-7H3,(H,42,47)(H,39,43,45). The van der Waals surface area contributed by atoms with E-state index in [4.69, 9.17) is 24.7 Å². The number of hydrogen-bond donors (Lipinski definition) is 2. The number of methoxy groups -OCH3 is 1. The summed E-state index contributed by atoms with van der Waals surface area (Å²) in [6, 6.07) is 0.474. The molecule has 2 saturated carbocycles. The normalized spacial score (nSPS) is 21.5. The lowest BCUT2D eigenvalue weighted by molar-refractivity contribution is 0.238. The Labute approximate surface area is 283 Å². The molecule has 2 fully saturated rings. The molecule has 3 aromatic heterocycles. The molecule has 0 saturated heterocycles. The van der Waals surface area contributed by atoms with Gasteiger partial charge >= 0.3 is 12.0 Å². The molecule has 254 valence electrons. The van der Waals surface area contributed by atoms with Crippen molar-refractivity contribution in [2.45, 2.75) is 104 Å². The average molecular weight is 653 g/mol. The molecule has 1 unspecified atom stereocenters. The largest absolute Gasteiger partial charge is 0.467 e. The molecule has 3 aliphatic rings. The lowest BCUT2D eigenvalue weighted by Crippen LogP contribution is -2.50. The van der Waals surface area contributed by atoms with Gasteiger partial charge in [0.05, 0.1) is 42.6 Å². The number of ether oxygens (including phenoxy) is 1. The molecule has 4 heterocycles. The molecule has 12 heteroatoms. The maximum absolute atomic E-state index is 13.7. The fourth-order valence-electron chi connectivity index (χ4n) is 6.17. The molecule has 0 spiro atoms. The zero-order chi connectivity index (χ0) is 34.1. The predicted molar refractivity (Wildman–Crippen MR) is 188 cm³/mol. The molecule has 3 aromatic rings. The van der Waals surface area contributed by atoms with Crippen LogP contribution in [0.15, 0.2) is 48.1 Å². The quantitative estimate of drug-likeness (QED) is 0.263. The number of amides is 2. The summed E-state index contributed by atoms with van der Waals surface area (Å²) < 4.78 is 5.07. The highest BCUT2D eigenvalue weighted by molar-refractivity contribution is 6.10. The summed E-state index contributed by atoms with van der Waals surface area (Å²) in [7, 11) is 1.52. The Bertz CT molecular complexity index is 1650. The predicted octanol–water partition coefficient (Wildman–Crippen LogP) is 6.15. The first kappa shape index (κ1) is 33.4. The number of aromatic nitrogens is 6. The van der Waals surface area contributed by atoms with Crippen LogP contribution in [-0.4, -0.2) is 73.4 Å². The van der Waals surface area contributed by atoms with E-state index in [-0.39, 0.29) is 41.0 Å². The highest BCUT2D eigenvalue weighted by atomic mass is 16.5. The van der Waals surface area contributed by atoms with Crippen molar-refractivity contribution in [3.63, 3.8) is 0 Å². The third kappa shape index (κ3) is 7.63. The summed E-state index contributed by atoms with van der Waals surface area (Å²) in [6.45, 7) is 13.8. The van der Waals surface area contributed by atoms with Crippen LogP contribution in [0.5, 0.6) is 6.01 Å². The molecular weight excluding hydrogens is 604 g/mol. The van der Waals surface area contributed by atoms with Crippen LogP contribution in [0.1, 0.15) is 91.3 Å². The summed E-state index contributed by atoms with van der Waals surface area (Å²) >= 11 is 0. The third-order valence-electron chi connectivity index (χ3n) is 9.64. The maximum Gasteiger partial charge on any atom is 0.323 e. The number of anilines is 2. The van der Waals surface area contributed by atoms with E-state index in [2.05, 4.69) is 79.3 Å². The van der Waals surface area contributed by atoms with Crippen molar-refractivity contribution < 1.29 is 9.53 Å². The van der Waals surface area contributed by atoms with Crippen molar-refractivity contribution >= 4 is 23.5 Å². The van der Waals surface area contributed by atoms with Crippen molar-refractivity contribution in [2.24, 2.45) is 16.3 Å². The molecular formula is C36H48N10O2. The monoisotopic (exact) mass is 652 g/mol. The summed E-state index contributed by atoms with van der Waals surface area (Å²) in [5.74, 6) is 1.57. The van der Waals surface area contributed by atoms with Crippen LogP contribution in [0.4, 0.5) is 16.6 Å². The summed E-state index contributed by atoms with van der Waals surface area (Å²) in [6.07, 6.45) is 18.4. The molecule has 6 rings (SSSR count). The minimum atomic E-state index is -0.134. The number of aliphatic imine (C=N–C) groups is 1. The van der Waals surface area contributed by atoms with Crippen molar-refractivity contribution in [3.05, 3.63) is 54.4 Å². The first-order chi connectivity index (χ1) is 22.9. The Balaban J connectivity index is 1.16. The van der Waals surface area contributed by atoms with E-state index >= 15 is 0 Å². The summed E-state index contributed by atoms with van der Waals surface area (Å²) in [4.78, 5) is 47.9. The summed E-state index contributed by atoms with van der Waals surface area (Å²) in [5.41, 5.74) is 4.29. The smallest absolute Gasteiger partial charge is 0.323 e. The first-order valence-corrected chi connectivity index (χ1v) is 17.1. The molecule has 1 atom stereocenters. The van der Waals surface area contributed by atoms with Crippen molar-refractivity contribution in [2.75, 3.05) is 23.9 Å². The van der Waals surface area contributed by atoms with E-state index in [1.165, 1.54) is 7.11 Å². The van der Waals surface area contributed by atoms with Gasteiger partial charge in [-0.25, -0.2) is 29.7 Å². The number of urea groups is 1. The molecule has 0 radical (unpaired) electrons. The second-order valence-corrected chi connectivity index (χ2v) is 15.0. The maximum atomic E-state index is 13.7. The van der Waals surface area contributed by atoms with E-state index in [1.54, 1.807) is 29.7 Å². The van der Waals surface area contributed by atoms with Gasteiger partial charge in [0, 0.05) is 48.3 Å². The number of hydrogen-bond acceptors (Lipinski definition) is 10. The Morgan fingerprint density at radius 1 is 1.00 bits per heavy atom. The van der Waals surface area contributed by atoms with Gasteiger partial charge in [-0.3, -0.25) is 14.9 Å². The van der Waals surface area contributed by atoms with Crippen LogP contribution < -0.4 is 20.3 Å². The molecule has 1 aliphatic heterocycles. The second-order valence-electron chi connectivity index (χ2n) is 15.0. The molecule has 2 aliphatic carbocycles. The average Bonchev–Trinajstić information content (AvgIpc) is 3.60. The second kappa shape index (κ2) is 13.6. The van der Waals surface area contributed by atoms with Crippen LogP contribution in [0.3, 0.4) is 0 Å². The lowest BCUT2D eigenvalue weighted by atomic mass is 9.86. The van der Waals surface area contributed by atoms with Crippen LogP contribution in [0, 0.1) is 11.3 Å². The Morgan fingerprint density at radius 3 is 2.31 bits per heavy atom. The molecule has 0 bridgehead atoms. The number of carbonyl (C=O) groups is 1. The number of rotatable bonds is 10. The van der Waals surface area contributed by atoms with Gasteiger partial charge in [-0.15, -0.1) is 0 Å². The first-order valence-electron chi connectivity index (χ1n) is 17.1. The van der Waals surface area contributed by atoms with Crippen LogP contribution in [0.2, 0.25) is 0 Å². The van der Waals surface area contributed by atoms with E-state index in [9.17, 15) is 4.79 Å². The molecule has 2 amide bonds. The van der Waals surface area contributed by atoms with Gasteiger partial charge in [0.1, 0.15) is 0 Å². The fraction of sp³-hybridized carbons (Fsp3) is 0.556. The van der Waals surface area contributed by atoms with Gasteiger partial charge in [-0.05, 0) is 61.3 Å². The minimum absolute atomic E-state index is 0.0229. The van der Waals surface area contributed by atoms with Gasteiger partial charge in [0.15, 0.2) is 5.82 Å². The summed E-state index contributed by atoms with van der Waals surface area (Å²) in [5, 5.41) is 6.79. The van der Waals surface area contributed by atoms with Gasteiger partial charge in [-0.2, -0.15) is 0 Å². The van der Waals surface area contributed by atoms with Crippen molar-refractivity contribution in [1.82, 2.24) is 35.2 Å². The zero-order valence-corrected chi connectivity index (χ0v) is 29.2. The molecule has 48 heavy (non-hydrogen) atoms. The van der Waals surface area contributed by atoms with Crippen molar-refractivity contribution in [3.8, 4) is 17.3 Å². The van der Waals surface area contributed by atoms with Gasteiger partial charge in [0.25, 0.3) is 0 Å². The minimum Gasteiger partial charge on any atom is -0.467 e. The third-order valence-corrected chi connectivity index (χ3v) is 9.64. The molecule has 2 N–H and O–H groups in total. The highest BCUT2D eigenvalue weighted by Crippen LogP contribution is 2.44. The van der Waals surface area contributed by atoms with Crippen LogP contribution in [-0.2, 0) is 5.41 Å². The number of nitrogens with one attached hydrogen (secondary N) is 2. The fourth-order valence-corrected chi connectivity index (χ4v) is 6.17. The topological polar surface area (TPSA) is 143 Å². The highest BCUT2D eigenvalue weighted by Gasteiger charge is 2.39. The van der Waals surface area contributed by atoms with Gasteiger partial charge in [-0.1, -0.05) is 47.6 Å². The Kier molecular flexibility index (Phi) is 9.44. The molecule has 12 nitrogen and oxygen atoms in total. The van der Waals surface area contributed by atoms with E-state index in [0.717, 1.165) is 61.1 Å². The number of carbonyl (C=O) groups excluding carboxylic acids is 1. The lowest BCUT2D eigenvalue weighted by Gasteiger charge is -2.36. The zero-order valence-electron chi connectivity index (χ0n) is 29.2. The van der Waals surface area contributed by atoms with Crippen molar-refractivity contribution in [1.29, 1.82) is 0 Å².